The standard InChI is InChI=1S/C7H15N2O2/c1-5(4-7(10)11)6(9)2-3-8/h5-6H,1-4,8-9H2,(H,10,11). The topological polar surface area (TPSA) is 89.3 Å². The second kappa shape index (κ2) is 5.09. The molecule has 1 radical (unpaired) electrons. The van der Waals surface area contributed by atoms with Crippen molar-refractivity contribution in [1.82, 2.24) is 0 Å². The number of hydrogen-bond acceptors (Lipinski definition) is 3. The summed E-state index contributed by atoms with van der Waals surface area (Å²) in [6.07, 6.45) is 0.641. The monoisotopic (exact) mass is 159 g/mol. The third-order valence-corrected chi connectivity index (χ3v) is 1.54. The smallest absolute Gasteiger partial charge is 0.303 e. The molecule has 2 atom stereocenters. The van der Waals surface area contributed by atoms with Gasteiger partial charge in [-0.1, -0.05) is 0 Å². The van der Waals surface area contributed by atoms with E-state index in [9.17, 15) is 4.79 Å². The SMILES string of the molecule is [CH2]C(CC(=O)O)C(N)CCN. The lowest BCUT2D eigenvalue weighted by atomic mass is 9.97. The average molecular weight is 159 g/mol. The summed E-state index contributed by atoms with van der Waals surface area (Å²) < 4.78 is 0. The van der Waals surface area contributed by atoms with Crippen LogP contribution in [0.2, 0.25) is 0 Å². The molecule has 0 bridgehead atoms. The van der Waals surface area contributed by atoms with Gasteiger partial charge in [-0.25, -0.2) is 0 Å². The molecular formula is C7H15N2O2. The minimum atomic E-state index is -0.863. The number of nitrogens with two attached hydrogens (primary N) is 2. The van der Waals surface area contributed by atoms with E-state index in [0.29, 0.717) is 13.0 Å². The van der Waals surface area contributed by atoms with Gasteiger partial charge in [0.25, 0.3) is 0 Å². The molecule has 0 amide bonds. The molecule has 0 aliphatic heterocycles. The number of hydrogen-bond donors (Lipinski definition) is 3. The molecule has 4 nitrogen and oxygen atoms in total. The van der Waals surface area contributed by atoms with E-state index in [1.807, 2.05) is 0 Å². The van der Waals surface area contributed by atoms with Crippen molar-refractivity contribution < 1.29 is 9.90 Å². The van der Waals surface area contributed by atoms with Crippen LogP contribution in [0, 0.1) is 12.8 Å². The number of rotatable bonds is 5. The quantitative estimate of drug-likeness (QED) is 0.508. The van der Waals surface area contributed by atoms with Gasteiger partial charge in [0.1, 0.15) is 0 Å². The molecule has 0 aliphatic rings. The molecule has 65 valence electrons. The first kappa shape index (κ1) is 10.4. The Morgan fingerprint density at radius 1 is 1.64 bits per heavy atom. The molecule has 0 fully saturated rings. The van der Waals surface area contributed by atoms with Crippen molar-refractivity contribution in [2.75, 3.05) is 6.54 Å². The number of carbonyl (C=O) groups is 1. The highest BCUT2D eigenvalue weighted by molar-refractivity contribution is 5.67. The summed E-state index contributed by atoms with van der Waals surface area (Å²) in [5, 5.41) is 8.37. The Morgan fingerprint density at radius 2 is 2.18 bits per heavy atom. The molecule has 0 aliphatic carbocycles. The molecule has 0 heterocycles. The zero-order valence-electron chi connectivity index (χ0n) is 6.49. The fourth-order valence-electron chi connectivity index (χ4n) is 0.804. The summed E-state index contributed by atoms with van der Waals surface area (Å²) in [7, 11) is 0. The van der Waals surface area contributed by atoms with Gasteiger partial charge < -0.3 is 16.6 Å². The van der Waals surface area contributed by atoms with E-state index >= 15 is 0 Å². The average Bonchev–Trinajstić information content (AvgIpc) is 1.86. The Hall–Kier alpha value is -0.610. The molecule has 0 aromatic carbocycles. The van der Waals surface area contributed by atoms with Gasteiger partial charge in [0.2, 0.25) is 0 Å². The van der Waals surface area contributed by atoms with Crippen LogP contribution in [0.15, 0.2) is 0 Å². The number of carboxylic acid groups (broad SMARTS) is 1. The molecule has 5 N–H and O–H groups in total. The second-order valence-corrected chi connectivity index (χ2v) is 2.60. The summed E-state index contributed by atoms with van der Waals surface area (Å²) in [4.78, 5) is 10.2. The van der Waals surface area contributed by atoms with Crippen LogP contribution in [0.1, 0.15) is 12.8 Å². The van der Waals surface area contributed by atoms with Gasteiger partial charge in [-0.05, 0) is 25.8 Å². The maximum Gasteiger partial charge on any atom is 0.303 e. The molecule has 4 heteroatoms. The predicted molar refractivity (Wildman–Crippen MR) is 42.7 cm³/mol. The van der Waals surface area contributed by atoms with Crippen molar-refractivity contribution in [3.05, 3.63) is 6.92 Å². The van der Waals surface area contributed by atoms with Crippen LogP contribution >= 0.6 is 0 Å². The van der Waals surface area contributed by atoms with Gasteiger partial charge in [0.15, 0.2) is 0 Å². The maximum absolute atomic E-state index is 10.2. The summed E-state index contributed by atoms with van der Waals surface area (Å²) in [6.45, 7) is 4.11. The normalized spacial score (nSPS) is 15.9. The van der Waals surface area contributed by atoms with E-state index in [0.717, 1.165) is 0 Å². The van der Waals surface area contributed by atoms with Crippen molar-refractivity contribution in [2.45, 2.75) is 18.9 Å². The van der Waals surface area contributed by atoms with Crippen LogP contribution in [-0.2, 0) is 4.79 Å². The Bertz CT molecular complexity index is 128. The van der Waals surface area contributed by atoms with E-state index in [1.54, 1.807) is 0 Å². The molecular weight excluding hydrogens is 144 g/mol. The van der Waals surface area contributed by atoms with Crippen LogP contribution in [0.25, 0.3) is 0 Å². The highest BCUT2D eigenvalue weighted by atomic mass is 16.4. The lowest BCUT2D eigenvalue weighted by Crippen LogP contribution is -2.32. The zero-order chi connectivity index (χ0) is 8.85. The molecule has 2 unspecified atom stereocenters. The molecule has 0 rings (SSSR count). The Balaban J connectivity index is 3.63. The van der Waals surface area contributed by atoms with E-state index in [4.69, 9.17) is 16.6 Å². The minimum Gasteiger partial charge on any atom is -0.481 e. The third kappa shape index (κ3) is 4.75. The van der Waals surface area contributed by atoms with E-state index < -0.39 is 5.97 Å². The van der Waals surface area contributed by atoms with Gasteiger partial charge >= 0.3 is 5.97 Å². The van der Waals surface area contributed by atoms with Gasteiger partial charge in [-0.3, -0.25) is 4.79 Å². The Kier molecular flexibility index (Phi) is 4.81. The number of carboxylic acids is 1. The molecule has 11 heavy (non-hydrogen) atoms. The fourth-order valence-corrected chi connectivity index (χ4v) is 0.804. The Labute approximate surface area is 66.6 Å². The van der Waals surface area contributed by atoms with Crippen molar-refractivity contribution in [2.24, 2.45) is 17.4 Å². The Morgan fingerprint density at radius 3 is 2.55 bits per heavy atom. The van der Waals surface area contributed by atoms with Crippen LogP contribution < -0.4 is 11.5 Å². The lowest BCUT2D eigenvalue weighted by molar-refractivity contribution is -0.137. The van der Waals surface area contributed by atoms with Crippen LogP contribution in [0.4, 0.5) is 0 Å². The predicted octanol–water partition coefficient (Wildman–Crippen LogP) is -0.413. The number of aliphatic carboxylic acids is 1. The van der Waals surface area contributed by atoms with Crippen molar-refractivity contribution >= 4 is 5.97 Å². The van der Waals surface area contributed by atoms with Gasteiger partial charge in [-0.2, -0.15) is 0 Å². The van der Waals surface area contributed by atoms with Crippen molar-refractivity contribution in [1.29, 1.82) is 0 Å². The van der Waals surface area contributed by atoms with Crippen LogP contribution in [0.3, 0.4) is 0 Å². The van der Waals surface area contributed by atoms with Crippen molar-refractivity contribution in [3.63, 3.8) is 0 Å². The lowest BCUT2D eigenvalue weighted by Gasteiger charge is -2.16. The maximum atomic E-state index is 10.2. The van der Waals surface area contributed by atoms with E-state index in [1.165, 1.54) is 0 Å². The summed E-state index contributed by atoms with van der Waals surface area (Å²) in [5.41, 5.74) is 10.8. The zero-order valence-corrected chi connectivity index (χ0v) is 6.49. The minimum absolute atomic E-state index is 0.0150. The summed E-state index contributed by atoms with van der Waals surface area (Å²) >= 11 is 0. The largest absolute Gasteiger partial charge is 0.481 e. The van der Waals surface area contributed by atoms with Gasteiger partial charge in [-0.15, -0.1) is 0 Å². The fraction of sp³-hybridized carbons (Fsp3) is 0.714. The van der Waals surface area contributed by atoms with Crippen LogP contribution in [0.5, 0.6) is 0 Å². The molecule has 0 aromatic heterocycles. The molecule has 0 saturated heterocycles. The molecule has 0 saturated carbocycles. The first-order chi connectivity index (χ1) is 5.07. The van der Waals surface area contributed by atoms with Crippen molar-refractivity contribution in [3.8, 4) is 0 Å². The van der Waals surface area contributed by atoms with Gasteiger partial charge in [0.05, 0.1) is 0 Å². The van der Waals surface area contributed by atoms with E-state index in [2.05, 4.69) is 6.92 Å². The first-order valence-corrected chi connectivity index (χ1v) is 3.58. The van der Waals surface area contributed by atoms with Gasteiger partial charge in [0, 0.05) is 12.5 Å². The second-order valence-electron chi connectivity index (χ2n) is 2.60. The van der Waals surface area contributed by atoms with Crippen LogP contribution in [-0.4, -0.2) is 23.7 Å². The highest BCUT2D eigenvalue weighted by Crippen LogP contribution is 2.07. The highest BCUT2D eigenvalue weighted by Gasteiger charge is 2.14. The first-order valence-electron chi connectivity index (χ1n) is 3.58. The van der Waals surface area contributed by atoms with E-state index in [-0.39, 0.29) is 18.4 Å². The molecule has 0 spiro atoms. The third-order valence-electron chi connectivity index (χ3n) is 1.54. The molecule has 0 aromatic rings. The summed E-state index contributed by atoms with van der Waals surface area (Å²) in [5.74, 6) is -1.10. The summed E-state index contributed by atoms with van der Waals surface area (Å²) in [6, 6.07) is -0.198.